The number of hydrogen-bond acceptors (Lipinski definition) is 0. The van der Waals surface area contributed by atoms with Crippen molar-refractivity contribution in [2.45, 2.75) is 46.0 Å². The van der Waals surface area contributed by atoms with Gasteiger partial charge in [-0.2, -0.15) is 12.8 Å². The summed E-state index contributed by atoms with van der Waals surface area (Å²) in [6, 6.07) is 0. The summed E-state index contributed by atoms with van der Waals surface area (Å²) in [4.78, 5) is 0. The first-order chi connectivity index (χ1) is 3.91. The van der Waals surface area contributed by atoms with Crippen molar-refractivity contribution in [3.8, 4) is 0 Å². The van der Waals surface area contributed by atoms with Crippen LogP contribution in [0.4, 0.5) is 0 Å². The van der Waals surface area contributed by atoms with Gasteiger partial charge in [0.05, 0.1) is 0 Å². The van der Waals surface area contributed by atoms with Crippen LogP contribution >= 0.6 is 12.4 Å². The minimum atomic E-state index is 0. The summed E-state index contributed by atoms with van der Waals surface area (Å²) in [7, 11) is 0. The molecule has 0 fully saturated rings. The second-order valence-electron chi connectivity index (χ2n) is 2.22. The third-order valence-corrected chi connectivity index (χ3v) is 1.25. The van der Waals surface area contributed by atoms with Crippen LogP contribution in [0.1, 0.15) is 46.0 Å². The number of halogens is 1. The summed E-state index contributed by atoms with van der Waals surface area (Å²) in [5.41, 5.74) is 0. The van der Waals surface area contributed by atoms with Crippen molar-refractivity contribution in [3.05, 3.63) is 6.42 Å². The van der Waals surface area contributed by atoms with Gasteiger partial charge in [-0.3, -0.25) is 0 Å². The molecule has 0 N–H and O–H groups in total. The molecule has 67 valence electrons. The fourth-order valence-electron chi connectivity index (χ4n) is 0.697. The number of rotatable bonds is 5. The topological polar surface area (TPSA) is 0 Å². The van der Waals surface area contributed by atoms with Crippen LogP contribution in [-0.4, -0.2) is 0 Å². The molecule has 0 saturated heterocycles. The van der Waals surface area contributed by atoms with E-state index in [9.17, 15) is 0 Å². The molecule has 0 nitrogen and oxygen atoms in total. The summed E-state index contributed by atoms with van der Waals surface area (Å²) in [6.07, 6.45) is 9.04. The zero-order valence-corrected chi connectivity index (χ0v) is 8.71. The van der Waals surface area contributed by atoms with Crippen LogP contribution < -0.4 is 0 Å². The standard InChI is InChI=1S/C8H17.ClH.Co/c1-3-5-7-8-6-4-2;;/h7H,3-6,8H2,1-2H3;1H;/q-1;;. The second kappa shape index (κ2) is 16.4. The maximum Gasteiger partial charge on any atom is 0 e. The summed E-state index contributed by atoms with van der Waals surface area (Å²) in [6.45, 7) is 4.46. The van der Waals surface area contributed by atoms with Crippen molar-refractivity contribution in [1.82, 2.24) is 0 Å². The minimum Gasteiger partial charge on any atom is -0.328 e. The zero-order chi connectivity index (χ0) is 6.24. The molecule has 0 heterocycles. The minimum absolute atomic E-state index is 0. The van der Waals surface area contributed by atoms with E-state index < -0.39 is 0 Å². The number of unbranched alkanes of at least 4 members (excludes halogenated alkanes) is 5. The molecule has 0 aromatic rings. The van der Waals surface area contributed by atoms with Crippen LogP contribution in [0.2, 0.25) is 0 Å². The average molecular weight is 209 g/mol. The summed E-state index contributed by atoms with van der Waals surface area (Å²) in [5, 5.41) is 0. The van der Waals surface area contributed by atoms with Crippen molar-refractivity contribution < 1.29 is 16.8 Å². The Kier molecular flexibility index (Phi) is 28.0. The molecular formula is C8H18ClCo-. The van der Waals surface area contributed by atoms with Crippen molar-refractivity contribution in [3.63, 3.8) is 0 Å². The van der Waals surface area contributed by atoms with Gasteiger partial charge in [0.2, 0.25) is 0 Å². The van der Waals surface area contributed by atoms with Crippen LogP contribution in [0.3, 0.4) is 0 Å². The largest absolute Gasteiger partial charge is 0.328 e. The Labute approximate surface area is 81.8 Å². The van der Waals surface area contributed by atoms with E-state index >= 15 is 0 Å². The SMILES string of the molecule is CCC[CH-]CCCC.Cl.[Co]. The van der Waals surface area contributed by atoms with Crippen LogP contribution in [0.5, 0.6) is 0 Å². The first-order valence-corrected chi connectivity index (χ1v) is 3.73. The Bertz CT molecular complexity index is 34.2. The van der Waals surface area contributed by atoms with E-state index in [1.807, 2.05) is 0 Å². The van der Waals surface area contributed by atoms with E-state index in [1.165, 1.54) is 32.1 Å². The van der Waals surface area contributed by atoms with E-state index in [2.05, 4.69) is 20.3 Å². The van der Waals surface area contributed by atoms with E-state index in [4.69, 9.17) is 0 Å². The van der Waals surface area contributed by atoms with Crippen LogP contribution in [0, 0.1) is 6.42 Å². The fraction of sp³-hybridized carbons (Fsp3) is 0.875. The van der Waals surface area contributed by atoms with Gasteiger partial charge in [0.1, 0.15) is 0 Å². The zero-order valence-electron chi connectivity index (χ0n) is 6.85. The Hall–Kier alpha value is 0.796. The molecule has 0 atom stereocenters. The monoisotopic (exact) mass is 208 g/mol. The smallest absolute Gasteiger partial charge is 0 e. The van der Waals surface area contributed by atoms with Gasteiger partial charge in [-0.1, -0.05) is 33.1 Å². The average Bonchev–Trinajstić information content (AvgIpc) is 1.81. The molecule has 10 heavy (non-hydrogen) atoms. The quantitative estimate of drug-likeness (QED) is 0.478. The molecule has 0 saturated carbocycles. The molecule has 0 bridgehead atoms. The van der Waals surface area contributed by atoms with Crippen LogP contribution in [0.15, 0.2) is 0 Å². The Morgan fingerprint density at radius 1 is 1.00 bits per heavy atom. The maximum absolute atomic E-state index is 2.39. The molecule has 0 aliphatic heterocycles. The predicted molar refractivity (Wildman–Crippen MR) is 46.0 cm³/mol. The Morgan fingerprint density at radius 2 is 1.60 bits per heavy atom. The fourth-order valence-corrected chi connectivity index (χ4v) is 0.697. The third-order valence-electron chi connectivity index (χ3n) is 1.25. The van der Waals surface area contributed by atoms with Gasteiger partial charge in [0, 0.05) is 16.8 Å². The summed E-state index contributed by atoms with van der Waals surface area (Å²) < 4.78 is 0. The predicted octanol–water partition coefficient (Wildman–Crippen LogP) is 3.60. The Balaban J connectivity index is -0.000000245. The van der Waals surface area contributed by atoms with Gasteiger partial charge in [0.25, 0.3) is 0 Å². The van der Waals surface area contributed by atoms with Crippen molar-refractivity contribution >= 4 is 12.4 Å². The van der Waals surface area contributed by atoms with Crippen molar-refractivity contribution in [2.24, 2.45) is 0 Å². The molecule has 0 aromatic carbocycles. The van der Waals surface area contributed by atoms with E-state index in [0.717, 1.165) is 0 Å². The molecule has 0 rings (SSSR count). The van der Waals surface area contributed by atoms with E-state index in [0.29, 0.717) is 0 Å². The third kappa shape index (κ3) is 15.9. The Morgan fingerprint density at radius 3 is 2.00 bits per heavy atom. The van der Waals surface area contributed by atoms with Crippen LogP contribution in [0.25, 0.3) is 0 Å². The molecule has 2 heteroatoms. The molecule has 0 spiro atoms. The van der Waals surface area contributed by atoms with E-state index in [1.54, 1.807) is 0 Å². The summed E-state index contributed by atoms with van der Waals surface area (Å²) in [5.74, 6) is 0. The number of hydrogen-bond donors (Lipinski definition) is 0. The van der Waals surface area contributed by atoms with Crippen molar-refractivity contribution in [1.29, 1.82) is 0 Å². The molecule has 0 aromatic heterocycles. The summed E-state index contributed by atoms with van der Waals surface area (Å²) >= 11 is 0. The second-order valence-corrected chi connectivity index (χ2v) is 2.22. The van der Waals surface area contributed by atoms with Gasteiger partial charge >= 0.3 is 0 Å². The first-order valence-electron chi connectivity index (χ1n) is 3.73. The van der Waals surface area contributed by atoms with Crippen LogP contribution in [-0.2, 0) is 16.8 Å². The molecule has 0 aliphatic carbocycles. The maximum atomic E-state index is 2.39. The van der Waals surface area contributed by atoms with E-state index in [-0.39, 0.29) is 29.2 Å². The van der Waals surface area contributed by atoms with Gasteiger partial charge in [-0.15, -0.1) is 12.4 Å². The normalized spacial score (nSPS) is 7.80. The molecular weight excluding hydrogens is 190 g/mol. The van der Waals surface area contributed by atoms with Gasteiger partial charge in [-0.25, -0.2) is 0 Å². The van der Waals surface area contributed by atoms with Gasteiger partial charge in [-0.05, 0) is 0 Å². The molecule has 0 unspecified atom stereocenters. The first kappa shape index (κ1) is 17.0. The molecule has 0 amide bonds. The van der Waals surface area contributed by atoms with Gasteiger partial charge < -0.3 is 6.42 Å². The molecule has 0 aliphatic rings. The van der Waals surface area contributed by atoms with Gasteiger partial charge in [0.15, 0.2) is 0 Å². The molecule has 1 radical (unpaired) electrons. The van der Waals surface area contributed by atoms with Crippen molar-refractivity contribution in [2.75, 3.05) is 0 Å².